The summed E-state index contributed by atoms with van der Waals surface area (Å²) in [5.74, 6) is 0. The zero-order valence-corrected chi connectivity index (χ0v) is 17.1. The van der Waals surface area contributed by atoms with Crippen LogP contribution in [0.25, 0.3) is 0 Å². The van der Waals surface area contributed by atoms with Gasteiger partial charge in [-0.05, 0) is 0 Å². The third-order valence-electron chi connectivity index (χ3n) is 4.72. The van der Waals surface area contributed by atoms with E-state index in [4.69, 9.17) is 17.0 Å². The molecule has 0 aromatic carbocycles. The Labute approximate surface area is 113 Å². The van der Waals surface area contributed by atoms with E-state index in [0.717, 1.165) is 12.8 Å². The second kappa shape index (κ2) is 3.11. The Hall–Kier alpha value is 0.640. The molecule has 0 fully saturated rings. The van der Waals surface area contributed by atoms with Crippen LogP contribution in [0.15, 0.2) is 42.0 Å². The van der Waals surface area contributed by atoms with Crippen LogP contribution in [-0.4, -0.2) is 6.88 Å². The fourth-order valence-electron chi connectivity index (χ4n) is 3.78. The van der Waals surface area contributed by atoms with Crippen molar-refractivity contribution in [3.63, 3.8) is 0 Å². The predicted molar refractivity (Wildman–Crippen MR) is 84.9 cm³/mol. The van der Waals surface area contributed by atoms with Crippen molar-refractivity contribution in [1.29, 1.82) is 0 Å². The van der Waals surface area contributed by atoms with Gasteiger partial charge in [0.25, 0.3) is 0 Å². The molecule has 2 rings (SSSR count). The zero-order chi connectivity index (χ0) is 13.9. The van der Waals surface area contributed by atoms with E-state index in [1.54, 1.807) is 0 Å². The fraction of sp³-hybridized carbons (Fsp3) is 0.429. The average Bonchev–Trinajstić information content (AvgIpc) is 2.71. The monoisotopic (exact) mass is 378 g/mol. The summed E-state index contributed by atoms with van der Waals surface area (Å²) in [4.78, 5) is 0. The molecule has 0 N–H and O–H groups in total. The number of allylic oxidation sites excluding steroid dienone is 8. The molecular weight excluding hydrogens is 358 g/mol. The molecule has 0 bridgehead atoms. The maximum atomic E-state index is 7.48. The molecule has 0 nitrogen and oxygen atoms in total. The molecule has 2 aliphatic carbocycles. The minimum atomic E-state index is -4.98. The van der Waals surface area contributed by atoms with E-state index in [1.807, 2.05) is 6.88 Å². The summed E-state index contributed by atoms with van der Waals surface area (Å²) in [6.45, 7) is 6.15. The Bertz CT molecular complexity index is 629. The first-order valence-electron chi connectivity index (χ1n) is 6.50. The molecule has 0 heterocycles. The van der Waals surface area contributed by atoms with Gasteiger partial charge in [-0.15, -0.1) is 0 Å². The molecule has 0 saturated heterocycles. The molecule has 18 heavy (non-hydrogen) atoms. The Kier molecular flexibility index (Phi) is 2.60. The minimum absolute atomic E-state index is 0.897. The predicted octanol–water partition coefficient (Wildman–Crippen LogP) is 5.17. The molecule has 0 aliphatic heterocycles. The van der Waals surface area contributed by atoms with Gasteiger partial charge >= 0.3 is 114 Å². The van der Waals surface area contributed by atoms with Crippen LogP contribution in [0.3, 0.4) is 0 Å². The van der Waals surface area contributed by atoms with Crippen LogP contribution in [-0.2, 0) is 12.0 Å². The van der Waals surface area contributed by atoms with Crippen molar-refractivity contribution in [1.82, 2.24) is 0 Å². The Morgan fingerprint density at radius 3 is 1.50 bits per heavy atom. The van der Waals surface area contributed by atoms with Crippen molar-refractivity contribution in [3.05, 3.63) is 42.0 Å². The Balaban J connectivity index is 2.91. The summed E-state index contributed by atoms with van der Waals surface area (Å²) in [6, 6.07) is 0. The molecule has 0 unspecified atom stereocenters. The van der Waals surface area contributed by atoms with Crippen LogP contribution in [0.5, 0.6) is 0 Å². The first-order chi connectivity index (χ1) is 7.78. The molecule has 0 atom stereocenters. The van der Waals surface area contributed by atoms with Gasteiger partial charge in [0.05, 0.1) is 0 Å². The van der Waals surface area contributed by atoms with Gasteiger partial charge in [-0.2, -0.15) is 0 Å². The molecule has 0 aromatic heterocycles. The van der Waals surface area contributed by atoms with Crippen LogP contribution in [0.4, 0.5) is 0 Å². The molecule has 0 spiro atoms. The van der Waals surface area contributed by atoms with E-state index >= 15 is 0 Å². The molecule has 4 heteroatoms. The molecular formula is C14H22Cl2SiZr. The zero-order valence-electron chi connectivity index (χ0n) is 11.7. The van der Waals surface area contributed by atoms with Crippen LogP contribution in [0.1, 0.15) is 26.7 Å². The van der Waals surface area contributed by atoms with Gasteiger partial charge in [-0.1, -0.05) is 0 Å². The van der Waals surface area contributed by atoms with Gasteiger partial charge in [0.1, 0.15) is 0 Å². The quantitative estimate of drug-likeness (QED) is 0.580. The van der Waals surface area contributed by atoms with Gasteiger partial charge in [0.15, 0.2) is 0 Å². The van der Waals surface area contributed by atoms with Gasteiger partial charge < -0.3 is 0 Å². The maximum absolute atomic E-state index is 7.48. The third kappa shape index (κ3) is 2.04. The van der Waals surface area contributed by atoms with Crippen LogP contribution < -0.4 is 0 Å². The molecule has 0 radical (unpaired) electrons. The molecule has 0 saturated carbocycles. The van der Waals surface area contributed by atoms with Crippen LogP contribution in [0, 0.1) is 0 Å². The molecule has 0 amide bonds. The second-order valence-electron chi connectivity index (χ2n) is 7.69. The summed E-state index contributed by atoms with van der Waals surface area (Å²) >= 11 is -4.98. The van der Waals surface area contributed by atoms with Crippen molar-refractivity contribution in [3.8, 4) is 0 Å². The fourth-order valence-corrected chi connectivity index (χ4v) is 27.7. The summed E-state index contributed by atoms with van der Waals surface area (Å²) in [5.41, 5.74) is 2.52. The van der Waals surface area contributed by atoms with Crippen LogP contribution >= 0.6 is 17.0 Å². The van der Waals surface area contributed by atoms with Crippen molar-refractivity contribution in [2.45, 2.75) is 36.0 Å². The average molecular weight is 381 g/mol. The van der Waals surface area contributed by atoms with Crippen molar-refractivity contribution in [2.75, 3.05) is 0 Å². The molecule has 2 aliphatic rings. The topological polar surface area (TPSA) is 0 Å². The first kappa shape index (κ1) is 15.0. The van der Waals surface area contributed by atoms with Crippen molar-refractivity contribution < 1.29 is 12.0 Å². The summed E-state index contributed by atoms with van der Waals surface area (Å²) in [7, 11) is 15.0. The van der Waals surface area contributed by atoms with Gasteiger partial charge in [-0.25, -0.2) is 0 Å². The first-order valence-corrected chi connectivity index (χ1v) is 26.1. The molecule has 0 aromatic rings. The van der Waals surface area contributed by atoms with Gasteiger partial charge in [0.2, 0.25) is 0 Å². The van der Waals surface area contributed by atoms with E-state index in [-0.39, 0.29) is 0 Å². The van der Waals surface area contributed by atoms with E-state index in [0.29, 0.717) is 0 Å². The summed E-state index contributed by atoms with van der Waals surface area (Å²) in [5, 5.41) is 0. The van der Waals surface area contributed by atoms with E-state index < -0.39 is 12.0 Å². The third-order valence-corrected chi connectivity index (χ3v) is 29.9. The van der Waals surface area contributed by atoms with Gasteiger partial charge in [-0.3, -0.25) is 0 Å². The van der Waals surface area contributed by atoms with E-state index in [9.17, 15) is 0 Å². The number of hydrogen-bond donors (Lipinski definition) is 0. The van der Waals surface area contributed by atoms with E-state index in [1.165, 1.54) is 17.7 Å². The second-order valence-corrected chi connectivity index (χ2v) is 73.1. The number of rotatable bonds is 2. The SMILES string of the molecule is CC1=[C]([Zr]([CH3])([CH3])(=[SiH2])([Cl])([Cl])[C]2=C(C)C=CC2)CC=C1. The Morgan fingerprint density at radius 1 is 0.944 bits per heavy atom. The summed E-state index contributed by atoms with van der Waals surface area (Å²) in [6.07, 6.45) is 10.5. The number of hydrogen-bond acceptors (Lipinski definition) is 0. The van der Waals surface area contributed by atoms with E-state index in [2.05, 4.69) is 47.4 Å². The van der Waals surface area contributed by atoms with Gasteiger partial charge in [0, 0.05) is 0 Å². The Morgan fingerprint density at radius 2 is 1.28 bits per heavy atom. The number of halogens is 2. The van der Waals surface area contributed by atoms with Crippen molar-refractivity contribution in [2.24, 2.45) is 0 Å². The van der Waals surface area contributed by atoms with Crippen LogP contribution in [0.2, 0.25) is 9.26 Å². The summed E-state index contributed by atoms with van der Waals surface area (Å²) < 4.78 is 6.89. The van der Waals surface area contributed by atoms with Crippen molar-refractivity contribution >= 4 is 23.9 Å². The normalized spacial score (nSPS) is 26.2. The molecule has 100 valence electrons. The standard InChI is InChI=1S/2C6H7.2CH3.2ClH.H2Si.Zr/c2*1-6-4-2-3-5-6;;;;;;/h2*2,4H,3H2,1H3;2*1H3;2*1H;1H2;/q;;;;;;;+2/p-2.